The van der Waals surface area contributed by atoms with Gasteiger partial charge in [0.05, 0.1) is 6.54 Å². The van der Waals surface area contributed by atoms with Gasteiger partial charge in [-0.25, -0.2) is 4.79 Å². The molecular formula is C7H12N2O4. The van der Waals surface area contributed by atoms with Gasteiger partial charge in [-0.05, 0) is 13.8 Å². The Morgan fingerprint density at radius 1 is 1.38 bits per heavy atom. The number of hydrogen-bond donors (Lipinski definition) is 3. The lowest BCUT2D eigenvalue weighted by Gasteiger charge is -2.10. The Morgan fingerprint density at radius 3 is 2.31 bits per heavy atom. The summed E-state index contributed by atoms with van der Waals surface area (Å²) >= 11 is 0. The second kappa shape index (κ2) is 5.13. The second-order valence-electron chi connectivity index (χ2n) is 2.59. The van der Waals surface area contributed by atoms with E-state index in [0.29, 0.717) is 0 Å². The van der Waals surface area contributed by atoms with Crippen LogP contribution in [-0.4, -0.2) is 35.5 Å². The van der Waals surface area contributed by atoms with Crippen LogP contribution < -0.4 is 10.6 Å². The summed E-state index contributed by atoms with van der Waals surface area (Å²) in [5, 5.41) is 12.5. The van der Waals surface area contributed by atoms with E-state index in [2.05, 4.69) is 5.32 Å². The zero-order valence-electron chi connectivity index (χ0n) is 7.46. The smallest absolute Gasteiger partial charge is 0.405 e. The highest BCUT2D eigenvalue weighted by atomic mass is 16.4. The Labute approximate surface area is 75.3 Å². The minimum Gasteiger partial charge on any atom is -0.465 e. The van der Waals surface area contributed by atoms with Crippen LogP contribution in [-0.2, 0) is 9.59 Å². The summed E-state index contributed by atoms with van der Waals surface area (Å²) in [6.07, 6.45) is -1.27. The number of nitrogens with one attached hydrogen (secondary N) is 2. The van der Waals surface area contributed by atoms with Crippen molar-refractivity contribution in [1.82, 2.24) is 10.6 Å². The van der Waals surface area contributed by atoms with Gasteiger partial charge in [-0.15, -0.1) is 0 Å². The number of rotatable bonds is 4. The van der Waals surface area contributed by atoms with Gasteiger partial charge in [0.25, 0.3) is 0 Å². The summed E-state index contributed by atoms with van der Waals surface area (Å²) in [5.74, 6) is -0.700. The van der Waals surface area contributed by atoms with Crippen LogP contribution in [0, 0.1) is 0 Å². The van der Waals surface area contributed by atoms with E-state index in [1.165, 1.54) is 13.8 Å². The topological polar surface area (TPSA) is 95.5 Å². The molecule has 0 saturated carbocycles. The van der Waals surface area contributed by atoms with Crippen molar-refractivity contribution in [1.29, 1.82) is 0 Å². The third kappa shape index (κ3) is 5.66. The summed E-state index contributed by atoms with van der Waals surface area (Å²) in [6, 6.07) is -0.850. The van der Waals surface area contributed by atoms with E-state index in [1.807, 2.05) is 5.32 Å². The van der Waals surface area contributed by atoms with Crippen LogP contribution in [0.1, 0.15) is 13.8 Å². The largest absolute Gasteiger partial charge is 0.465 e. The summed E-state index contributed by atoms with van der Waals surface area (Å²) in [4.78, 5) is 31.5. The van der Waals surface area contributed by atoms with Crippen molar-refractivity contribution in [3.8, 4) is 0 Å². The second-order valence-corrected chi connectivity index (χ2v) is 2.59. The average molecular weight is 188 g/mol. The molecule has 0 radical (unpaired) electrons. The van der Waals surface area contributed by atoms with Gasteiger partial charge in [0.2, 0.25) is 5.91 Å². The van der Waals surface area contributed by atoms with Crippen molar-refractivity contribution in [3.05, 3.63) is 0 Å². The average Bonchev–Trinajstić information content (AvgIpc) is 1.98. The van der Waals surface area contributed by atoms with Crippen LogP contribution in [0.15, 0.2) is 0 Å². The zero-order valence-corrected chi connectivity index (χ0v) is 7.46. The SMILES string of the molecule is CC(=O)CNC(=O)[C@H](C)NC(=O)O. The van der Waals surface area contributed by atoms with Crippen LogP contribution in [0.3, 0.4) is 0 Å². The monoisotopic (exact) mass is 188 g/mol. The van der Waals surface area contributed by atoms with E-state index < -0.39 is 18.0 Å². The van der Waals surface area contributed by atoms with E-state index in [0.717, 1.165) is 0 Å². The maximum absolute atomic E-state index is 11.0. The summed E-state index contributed by atoms with van der Waals surface area (Å²) in [6.45, 7) is 2.64. The normalized spacial score (nSPS) is 11.5. The Morgan fingerprint density at radius 2 is 1.92 bits per heavy atom. The standard InChI is InChI=1S/C7H12N2O4/c1-4(10)3-8-6(11)5(2)9-7(12)13/h5,9H,3H2,1-2H3,(H,8,11)(H,12,13)/t5-/m0/s1. The first-order valence-corrected chi connectivity index (χ1v) is 3.70. The predicted octanol–water partition coefficient (Wildman–Crippen LogP) is -0.652. The summed E-state index contributed by atoms with van der Waals surface area (Å²) in [5.41, 5.74) is 0. The van der Waals surface area contributed by atoms with E-state index in [1.54, 1.807) is 0 Å². The van der Waals surface area contributed by atoms with E-state index >= 15 is 0 Å². The molecule has 6 heteroatoms. The van der Waals surface area contributed by atoms with Crippen molar-refractivity contribution in [2.45, 2.75) is 19.9 Å². The molecule has 3 N–H and O–H groups in total. The molecule has 0 aliphatic heterocycles. The van der Waals surface area contributed by atoms with Crippen molar-refractivity contribution < 1.29 is 19.5 Å². The van der Waals surface area contributed by atoms with Crippen molar-refractivity contribution >= 4 is 17.8 Å². The molecule has 0 saturated heterocycles. The highest BCUT2D eigenvalue weighted by molar-refractivity contribution is 5.88. The summed E-state index contributed by atoms with van der Waals surface area (Å²) < 4.78 is 0. The van der Waals surface area contributed by atoms with Crippen LogP contribution in [0.2, 0.25) is 0 Å². The van der Waals surface area contributed by atoms with Gasteiger partial charge in [-0.2, -0.15) is 0 Å². The lowest BCUT2D eigenvalue weighted by Crippen LogP contribution is -2.45. The molecule has 0 aromatic rings. The van der Waals surface area contributed by atoms with Crippen molar-refractivity contribution in [2.24, 2.45) is 0 Å². The molecule has 0 fully saturated rings. The molecule has 0 aromatic heterocycles. The lowest BCUT2D eigenvalue weighted by atomic mass is 10.3. The molecule has 74 valence electrons. The number of carbonyl (C=O) groups is 3. The van der Waals surface area contributed by atoms with Crippen LogP contribution in [0.25, 0.3) is 0 Å². The molecule has 0 aromatic carbocycles. The minimum absolute atomic E-state index is 0.0789. The predicted molar refractivity (Wildman–Crippen MR) is 44.3 cm³/mol. The number of hydrogen-bond acceptors (Lipinski definition) is 3. The van der Waals surface area contributed by atoms with E-state index in [-0.39, 0.29) is 12.3 Å². The molecule has 2 amide bonds. The Hall–Kier alpha value is -1.59. The molecule has 13 heavy (non-hydrogen) atoms. The first kappa shape index (κ1) is 11.4. The molecule has 0 bridgehead atoms. The van der Waals surface area contributed by atoms with Gasteiger partial charge in [0, 0.05) is 0 Å². The number of amides is 2. The van der Waals surface area contributed by atoms with Gasteiger partial charge in [-0.1, -0.05) is 0 Å². The van der Waals surface area contributed by atoms with Crippen LogP contribution in [0.5, 0.6) is 0 Å². The van der Waals surface area contributed by atoms with Gasteiger partial charge in [0.1, 0.15) is 11.8 Å². The van der Waals surface area contributed by atoms with Gasteiger partial charge < -0.3 is 15.7 Å². The summed E-state index contributed by atoms with van der Waals surface area (Å²) in [7, 11) is 0. The molecular weight excluding hydrogens is 176 g/mol. The van der Waals surface area contributed by atoms with Crippen molar-refractivity contribution in [3.63, 3.8) is 0 Å². The fourth-order valence-electron chi connectivity index (χ4n) is 0.615. The Balaban J connectivity index is 3.82. The molecule has 6 nitrogen and oxygen atoms in total. The number of carboxylic acid groups (broad SMARTS) is 1. The Kier molecular flexibility index (Phi) is 4.50. The first-order chi connectivity index (χ1) is 5.93. The lowest BCUT2D eigenvalue weighted by molar-refractivity contribution is -0.125. The van der Waals surface area contributed by atoms with E-state index in [4.69, 9.17) is 5.11 Å². The fraction of sp³-hybridized carbons (Fsp3) is 0.571. The number of ketones is 1. The number of Topliss-reactive ketones (excluding diaryl/α,β-unsaturated/α-hetero) is 1. The Bertz CT molecular complexity index is 227. The fourth-order valence-corrected chi connectivity index (χ4v) is 0.615. The molecule has 1 atom stereocenters. The third-order valence-corrected chi connectivity index (χ3v) is 1.24. The quantitative estimate of drug-likeness (QED) is 0.546. The highest BCUT2D eigenvalue weighted by Gasteiger charge is 2.14. The first-order valence-electron chi connectivity index (χ1n) is 3.70. The minimum atomic E-state index is -1.27. The van der Waals surface area contributed by atoms with Gasteiger partial charge in [-0.3, -0.25) is 9.59 Å². The molecule has 0 aliphatic rings. The van der Waals surface area contributed by atoms with Gasteiger partial charge in [0.15, 0.2) is 0 Å². The molecule has 0 aliphatic carbocycles. The van der Waals surface area contributed by atoms with Gasteiger partial charge >= 0.3 is 6.09 Å². The molecule has 0 heterocycles. The molecule has 0 spiro atoms. The molecule has 0 unspecified atom stereocenters. The maximum Gasteiger partial charge on any atom is 0.405 e. The highest BCUT2D eigenvalue weighted by Crippen LogP contribution is 1.81. The molecule has 0 rings (SSSR count). The maximum atomic E-state index is 11.0. The van der Waals surface area contributed by atoms with Crippen molar-refractivity contribution in [2.75, 3.05) is 6.54 Å². The third-order valence-electron chi connectivity index (χ3n) is 1.24. The zero-order chi connectivity index (χ0) is 10.4. The van der Waals surface area contributed by atoms with Crippen LogP contribution in [0.4, 0.5) is 4.79 Å². The van der Waals surface area contributed by atoms with Crippen LogP contribution >= 0.6 is 0 Å². The number of carbonyl (C=O) groups excluding carboxylic acids is 2. The van der Waals surface area contributed by atoms with E-state index in [9.17, 15) is 14.4 Å².